The number of hydrogen-bond acceptors (Lipinski definition) is 7. The molecule has 0 radical (unpaired) electrons. The SMILES string of the molecule is CCOC(=O)C(C)(CSc1ncns1)NC(C)C. The van der Waals surface area contributed by atoms with Gasteiger partial charge in [-0.3, -0.25) is 10.1 Å². The normalized spacial score (nSPS) is 14.5. The summed E-state index contributed by atoms with van der Waals surface area (Å²) in [6.07, 6.45) is 1.52. The molecule has 0 saturated heterocycles. The number of thioether (sulfide) groups is 1. The molecule has 0 spiro atoms. The van der Waals surface area contributed by atoms with Crippen molar-refractivity contribution >= 4 is 29.3 Å². The van der Waals surface area contributed by atoms with Gasteiger partial charge < -0.3 is 4.74 Å². The Labute approximate surface area is 116 Å². The molecule has 0 aromatic carbocycles. The molecule has 1 rings (SSSR count). The molecule has 1 heterocycles. The molecular weight excluding hydrogens is 270 g/mol. The number of rotatable bonds is 7. The molecule has 1 aromatic heterocycles. The molecular formula is C11H19N3O2S2. The maximum absolute atomic E-state index is 12.0. The molecule has 1 N–H and O–H groups in total. The van der Waals surface area contributed by atoms with Crippen molar-refractivity contribution in [3.8, 4) is 0 Å². The summed E-state index contributed by atoms with van der Waals surface area (Å²) in [6.45, 7) is 8.07. The molecule has 7 heteroatoms. The van der Waals surface area contributed by atoms with Gasteiger partial charge in [0.05, 0.1) is 6.61 Å². The standard InChI is InChI=1S/C11H19N3O2S2/c1-5-16-9(15)11(4,14-8(2)3)6-17-10-12-7-13-18-10/h7-8,14H,5-6H2,1-4H3. The average Bonchev–Trinajstić information content (AvgIpc) is 2.78. The van der Waals surface area contributed by atoms with Crippen LogP contribution in [-0.4, -0.2) is 39.3 Å². The van der Waals surface area contributed by atoms with Crippen molar-refractivity contribution in [2.45, 2.75) is 43.6 Å². The summed E-state index contributed by atoms with van der Waals surface area (Å²) in [5, 5.41) is 3.26. The second-order valence-electron chi connectivity index (χ2n) is 4.35. The number of hydrogen-bond donors (Lipinski definition) is 1. The molecule has 1 unspecified atom stereocenters. The van der Waals surface area contributed by atoms with Crippen molar-refractivity contribution in [2.24, 2.45) is 0 Å². The van der Waals surface area contributed by atoms with E-state index in [-0.39, 0.29) is 12.0 Å². The lowest BCUT2D eigenvalue weighted by Gasteiger charge is -2.29. The Morgan fingerprint density at radius 3 is 2.89 bits per heavy atom. The quantitative estimate of drug-likeness (QED) is 0.611. The van der Waals surface area contributed by atoms with E-state index in [1.54, 1.807) is 0 Å². The molecule has 5 nitrogen and oxygen atoms in total. The van der Waals surface area contributed by atoms with Gasteiger partial charge in [-0.15, -0.1) is 0 Å². The minimum atomic E-state index is -0.708. The zero-order valence-electron chi connectivity index (χ0n) is 11.1. The van der Waals surface area contributed by atoms with Crippen LogP contribution < -0.4 is 5.32 Å². The average molecular weight is 289 g/mol. The first kappa shape index (κ1) is 15.4. The third-order valence-corrected chi connectivity index (χ3v) is 4.27. The second kappa shape index (κ2) is 7.06. The van der Waals surface area contributed by atoms with Crippen LogP contribution in [0, 0.1) is 0 Å². The van der Waals surface area contributed by atoms with Crippen molar-refractivity contribution < 1.29 is 9.53 Å². The monoisotopic (exact) mass is 289 g/mol. The third kappa shape index (κ3) is 4.55. The van der Waals surface area contributed by atoms with Crippen LogP contribution in [0.2, 0.25) is 0 Å². The van der Waals surface area contributed by atoms with Gasteiger partial charge in [0.2, 0.25) is 0 Å². The number of aromatic nitrogens is 2. The first-order chi connectivity index (χ1) is 8.48. The van der Waals surface area contributed by atoms with Crippen LogP contribution in [-0.2, 0) is 9.53 Å². The van der Waals surface area contributed by atoms with E-state index in [2.05, 4.69) is 14.7 Å². The van der Waals surface area contributed by atoms with Gasteiger partial charge in [0.25, 0.3) is 0 Å². The van der Waals surface area contributed by atoms with Crippen LogP contribution in [0.1, 0.15) is 27.7 Å². The lowest BCUT2D eigenvalue weighted by atomic mass is 10.0. The third-order valence-electron chi connectivity index (χ3n) is 2.16. The Hall–Kier alpha value is -0.660. The number of carbonyl (C=O) groups excluding carboxylic acids is 1. The summed E-state index contributed by atoms with van der Waals surface area (Å²) in [6, 6.07) is 0.203. The molecule has 0 aliphatic rings. The second-order valence-corrected chi connectivity index (χ2v) is 6.35. The fourth-order valence-electron chi connectivity index (χ4n) is 1.52. The van der Waals surface area contributed by atoms with Gasteiger partial charge in [-0.2, -0.15) is 4.37 Å². The lowest BCUT2D eigenvalue weighted by molar-refractivity contribution is -0.149. The highest BCUT2D eigenvalue weighted by molar-refractivity contribution is 8.01. The van der Waals surface area contributed by atoms with E-state index in [0.717, 1.165) is 4.34 Å². The topological polar surface area (TPSA) is 64.1 Å². The molecule has 0 fully saturated rings. The molecule has 102 valence electrons. The van der Waals surface area contributed by atoms with E-state index in [1.807, 2.05) is 27.7 Å². The van der Waals surface area contributed by atoms with Gasteiger partial charge >= 0.3 is 5.97 Å². The van der Waals surface area contributed by atoms with Gasteiger partial charge in [0.15, 0.2) is 4.34 Å². The van der Waals surface area contributed by atoms with E-state index in [4.69, 9.17) is 4.74 Å². The summed E-state index contributed by atoms with van der Waals surface area (Å²) >= 11 is 2.84. The van der Waals surface area contributed by atoms with Gasteiger partial charge in [-0.25, -0.2) is 4.98 Å². The minimum Gasteiger partial charge on any atom is -0.465 e. The van der Waals surface area contributed by atoms with Crippen molar-refractivity contribution in [1.82, 2.24) is 14.7 Å². The zero-order chi connectivity index (χ0) is 13.6. The summed E-state index contributed by atoms with van der Waals surface area (Å²) in [5.74, 6) is 0.342. The molecule has 1 aromatic rings. The maximum atomic E-state index is 12.0. The van der Waals surface area contributed by atoms with Crippen molar-refractivity contribution in [3.05, 3.63) is 6.33 Å². The minimum absolute atomic E-state index is 0.203. The van der Waals surface area contributed by atoms with E-state index < -0.39 is 5.54 Å². The van der Waals surface area contributed by atoms with Gasteiger partial charge in [-0.1, -0.05) is 11.8 Å². The molecule has 0 bridgehead atoms. The zero-order valence-corrected chi connectivity index (χ0v) is 12.7. The summed E-state index contributed by atoms with van der Waals surface area (Å²) in [4.78, 5) is 16.1. The predicted molar refractivity (Wildman–Crippen MR) is 73.9 cm³/mol. The Morgan fingerprint density at radius 2 is 2.39 bits per heavy atom. The molecule has 0 amide bonds. The largest absolute Gasteiger partial charge is 0.465 e. The van der Waals surface area contributed by atoms with E-state index in [1.165, 1.54) is 29.6 Å². The molecule has 0 aliphatic heterocycles. The number of ether oxygens (including phenoxy) is 1. The Bertz CT molecular complexity index is 370. The first-order valence-corrected chi connectivity index (χ1v) is 7.58. The van der Waals surface area contributed by atoms with E-state index >= 15 is 0 Å². The fraction of sp³-hybridized carbons (Fsp3) is 0.727. The van der Waals surface area contributed by atoms with Gasteiger partial charge in [0, 0.05) is 11.8 Å². The number of esters is 1. The molecule has 0 saturated carbocycles. The summed E-state index contributed by atoms with van der Waals surface area (Å²) in [7, 11) is 0. The highest BCUT2D eigenvalue weighted by atomic mass is 32.2. The number of nitrogens with zero attached hydrogens (tertiary/aromatic N) is 2. The molecule has 18 heavy (non-hydrogen) atoms. The molecule has 1 atom stereocenters. The van der Waals surface area contributed by atoms with Crippen LogP contribution in [0.3, 0.4) is 0 Å². The van der Waals surface area contributed by atoms with Crippen LogP contribution >= 0.6 is 23.3 Å². The first-order valence-electron chi connectivity index (χ1n) is 5.82. The van der Waals surface area contributed by atoms with Crippen molar-refractivity contribution in [1.29, 1.82) is 0 Å². The van der Waals surface area contributed by atoms with Crippen molar-refractivity contribution in [2.75, 3.05) is 12.4 Å². The van der Waals surface area contributed by atoms with E-state index in [0.29, 0.717) is 12.4 Å². The summed E-state index contributed by atoms with van der Waals surface area (Å²) < 4.78 is 9.93. The Kier molecular flexibility index (Phi) is 6.04. The fourth-order valence-corrected chi connectivity index (χ4v) is 3.05. The van der Waals surface area contributed by atoms with E-state index in [9.17, 15) is 4.79 Å². The number of nitrogens with one attached hydrogen (secondary N) is 1. The Balaban J connectivity index is 2.67. The van der Waals surface area contributed by atoms with Gasteiger partial charge in [-0.05, 0) is 39.2 Å². The van der Waals surface area contributed by atoms with Crippen LogP contribution in [0.5, 0.6) is 0 Å². The summed E-state index contributed by atoms with van der Waals surface area (Å²) in [5.41, 5.74) is -0.708. The highest BCUT2D eigenvalue weighted by Gasteiger charge is 2.35. The number of carbonyl (C=O) groups is 1. The maximum Gasteiger partial charge on any atom is 0.326 e. The Morgan fingerprint density at radius 1 is 1.67 bits per heavy atom. The van der Waals surface area contributed by atoms with Crippen molar-refractivity contribution in [3.63, 3.8) is 0 Å². The van der Waals surface area contributed by atoms with Crippen LogP contribution in [0.15, 0.2) is 10.7 Å². The predicted octanol–water partition coefficient (Wildman–Crippen LogP) is 1.95. The smallest absolute Gasteiger partial charge is 0.326 e. The highest BCUT2D eigenvalue weighted by Crippen LogP contribution is 2.24. The van der Waals surface area contributed by atoms with Crippen LogP contribution in [0.25, 0.3) is 0 Å². The lowest BCUT2D eigenvalue weighted by Crippen LogP contribution is -2.55. The van der Waals surface area contributed by atoms with Gasteiger partial charge in [0.1, 0.15) is 11.9 Å². The molecule has 0 aliphatic carbocycles. The van der Waals surface area contributed by atoms with Crippen LogP contribution in [0.4, 0.5) is 0 Å².